The zero-order valence-corrected chi connectivity index (χ0v) is 19.3. The van der Waals surface area contributed by atoms with Crippen LogP contribution in [-0.4, -0.2) is 53.3 Å². The van der Waals surface area contributed by atoms with Crippen LogP contribution in [0.15, 0.2) is 77.3 Å². The maximum Gasteiger partial charge on any atom is 0.172 e. The first kappa shape index (κ1) is 21.7. The molecule has 0 spiro atoms. The van der Waals surface area contributed by atoms with Crippen molar-refractivity contribution in [2.24, 2.45) is 0 Å². The Balaban J connectivity index is 1.33. The molecule has 1 saturated heterocycles. The predicted octanol–water partition coefficient (Wildman–Crippen LogP) is 5.83. The number of rotatable bonds is 4. The van der Waals surface area contributed by atoms with E-state index in [0.29, 0.717) is 23.4 Å². The summed E-state index contributed by atoms with van der Waals surface area (Å²) in [5, 5.41) is 4.74. The van der Waals surface area contributed by atoms with E-state index in [2.05, 4.69) is 56.2 Å². The smallest absolute Gasteiger partial charge is 0.172 e. The Morgan fingerprint density at radius 2 is 1.83 bits per heavy atom. The first-order chi connectivity index (χ1) is 17.1. The van der Waals surface area contributed by atoms with Crippen LogP contribution in [0.3, 0.4) is 0 Å². The van der Waals surface area contributed by atoms with Gasteiger partial charge in [0.25, 0.3) is 0 Å². The summed E-state index contributed by atoms with van der Waals surface area (Å²) in [4.78, 5) is 12.5. The Morgan fingerprint density at radius 3 is 2.63 bits per heavy atom. The van der Waals surface area contributed by atoms with Gasteiger partial charge in [-0.3, -0.25) is 0 Å². The summed E-state index contributed by atoms with van der Waals surface area (Å²) >= 11 is 0. The molecule has 1 aliphatic heterocycles. The van der Waals surface area contributed by atoms with Gasteiger partial charge in [-0.25, -0.2) is 13.8 Å². The van der Waals surface area contributed by atoms with Gasteiger partial charge in [0.05, 0.1) is 6.20 Å². The highest BCUT2D eigenvalue weighted by Crippen LogP contribution is 2.42. The summed E-state index contributed by atoms with van der Waals surface area (Å²) in [6, 6.07) is 10.6. The largest absolute Gasteiger partial charge is 0.369 e. The lowest BCUT2D eigenvalue weighted by Crippen LogP contribution is -2.44. The molecule has 0 saturated carbocycles. The van der Waals surface area contributed by atoms with Gasteiger partial charge >= 0.3 is 0 Å². The van der Waals surface area contributed by atoms with E-state index < -0.39 is 17.6 Å². The number of aromatic amines is 1. The number of nitrogens with zero attached hydrogens (tertiary/aromatic N) is 4. The van der Waals surface area contributed by atoms with Gasteiger partial charge in [-0.1, -0.05) is 23.4 Å². The fourth-order valence-corrected chi connectivity index (χ4v) is 4.90. The van der Waals surface area contributed by atoms with E-state index in [9.17, 15) is 8.78 Å². The third-order valence-corrected chi connectivity index (χ3v) is 6.99. The van der Waals surface area contributed by atoms with Crippen LogP contribution in [0.5, 0.6) is 0 Å². The molecule has 0 radical (unpaired) electrons. The maximum absolute atomic E-state index is 14.6. The minimum Gasteiger partial charge on any atom is -0.369 e. The minimum absolute atomic E-state index is 0.346. The number of pyridine rings is 1. The lowest BCUT2D eigenvalue weighted by molar-refractivity contribution is 0.313. The monoisotopic (exact) mass is 473 g/mol. The Bertz CT molecular complexity index is 1430. The van der Waals surface area contributed by atoms with Crippen LogP contribution in [-0.2, 0) is 0 Å². The Hall–Kier alpha value is -3.78. The number of nitrogens with one attached hydrogen (secondary N) is 1. The molecule has 0 bridgehead atoms. The number of piperazine rings is 1. The number of likely N-dealkylation sites (N-methyl/N-ethyl adjacent to an activating group) is 1. The third-order valence-electron chi connectivity index (χ3n) is 6.99. The first-order valence-electron chi connectivity index (χ1n) is 11.8. The van der Waals surface area contributed by atoms with Crippen molar-refractivity contribution >= 4 is 16.7 Å². The van der Waals surface area contributed by atoms with Crippen LogP contribution in [0.1, 0.15) is 17.9 Å². The highest BCUT2D eigenvalue weighted by atomic mass is 19.2. The van der Waals surface area contributed by atoms with Crippen molar-refractivity contribution < 1.29 is 13.3 Å². The number of benzene rings is 1. The Morgan fingerprint density at radius 1 is 1.03 bits per heavy atom. The van der Waals surface area contributed by atoms with Crippen LogP contribution in [0.25, 0.3) is 33.5 Å². The number of anilines is 1. The number of halogens is 2. The van der Waals surface area contributed by atoms with Gasteiger partial charge in [-0.2, -0.15) is 0 Å². The second kappa shape index (κ2) is 8.78. The number of allylic oxidation sites excluding steroid dienone is 4. The third kappa shape index (κ3) is 3.93. The van der Waals surface area contributed by atoms with Crippen molar-refractivity contribution in [3.05, 3.63) is 78.3 Å². The molecule has 6 nitrogen and oxygen atoms in total. The minimum atomic E-state index is -0.851. The van der Waals surface area contributed by atoms with E-state index in [-0.39, 0.29) is 0 Å². The zero-order chi connectivity index (χ0) is 23.9. The average molecular weight is 474 g/mol. The maximum atomic E-state index is 14.6. The summed E-state index contributed by atoms with van der Waals surface area (Å²) in [6.45, 7) is 4.16. The molecule has 1 atom stereocenters. The number of hydrogen-bond donors (Lipinski definition) is 1. The quantitative estimate of drug-likeness (QED) is 0.404. The van der Waals surface area contributed by atoms with E-state index in [1.54, 1.807) is 12.3 Å². The molecule has 4 heterocycles. The van der Waals surface area contributed by atoms with E-state index in [1.165, 1.54) is 11.9 Å². The van der Waals surface area contributed by atoms with Crippen molar-refractivity contribution in [1.29, 1.82) is 0 Å². The molecule has 1 fully saturated rings. The molecule has 6 rings (SSSR count). The van der Waals surface area contributed by atoms with Gasteiger partial charge in [0.15, 0.2) is 11.6 Å². The number of H-pyrrole nitrogens is 1. The van der Waals surface area contributed by atoms with Gasteiger partial charge in [0.2, 0.25) is 0 Å². The fraction of sp³-hybridized carbons (Fsp3) is 0.259. The van der Waals surface area contributed by atoms with Crippen molar-refractivity contribution in [2.75, 3.05) is 38.1 Å². The molecule has 0 amide bonds. The normalized spacial score (nSPS) is 19.2. The van der Waals surface area contributed by atoms with E-state index in [0.717, 1.165) is 54.3 Å². The second-order valence-electron chi connectivity index (χ2n) is 9.16. The van der Waals surface area contributed by atoms with Crippen molar-refractivity contribution in [3.8, 4) is 22.5 Å². The van der Waals surface area contributed by atoms with Gasteiger partial charge in [-0.15, -0.1) is 0 Å². The van der Waals surface area contributed by atoms with Crippen LogP contribution >= 0.6 is 0 Å². The number of hydrogen-bond acceptors (Lipinski definition) is 5. The molecular weight excluding hydrogens is 448 g/mol. The van der Waals surface area contributed by atoms with Gasteiger partial charge in [0.1, 0.15) is 11.5 Å². The Labute approximate surface area is 201 Å². The second-order valence-corrected chi connectivity index (χ2v) is 9.16. The van der Waals surface area contributed by atoms with Gasteiger partial charge in [-0.05, 0) is 43.3 Å². The van der Waals surface area contributed by atoms with E-state index in [1.807, 2.05) is 12.3 Å². The van der Waals surface area contributed by atoms with E-state index >= 15 is 0 Å². The average Bonchev–Trinajstić information content (AvgIpc) is 3.53. The molecule has 1 aromatic carbocycles. The lowest BCUT2D eigenvalue weighted by atomic mass is 9.90. The number of fused-ring (bicyclic) bond motifs is 1. The molecule has 3 aromatic heterocycles. The highest BCUT2D eigenvalue weighted by molar-refractivity contribution is 5.95. The summed E-state index contributed by atoms with van der Waals surface area (Å²) in [5.74, 6) is -1.99. The van der Waals surface area contributed by atoms with Crippen LogP contribution in [0, 0.1) is 0 Å². The number of aromatic nitrogens is 3. The summed E-state index contributed by atoms with van der Waals surface area (Å²) in [6.07, 6.45) is 8.21. The fourth-order valence-electron chi connectivity index (χ4n) is 4.90. The highest BCUT2D eigenvalue weighted by Gasteiger charge is 2.29. The Kier molecular flexibility index (Phi) is 5.45. The summed E-state index contributed by atoms with van der Waals surface area (Å²) in [5.41, 5.74) is 5.15. The zero-order valence-electron chi connectivity index (χ0n) is 19.3. The van der Waals surface area contributed by atoms with Crippen LogP contribution in [0.4, 0.5) is 14.5 Å². The van der Waals surface area contributed by atoms with Gasteiger partial charge < -0.3 is 19.3 Å². The van der Waals surface area contributed by atoms with Crippen LogP contribution in [0.2, 0.25) is 0 Å². The molecule has 2 aliphatic rings. The molecule has 35 heavy (non-hydrogen) atoms. The lowest BCUT2D eigenvalue weighted by Gasteiger charge is -2.34. The topological polar surface area (TPSA) is 61.2 Å². The van der Waals surface area contributed by atoms with E-state index in [4.69, 9.17) is 4.52 Å². The van der Waals surface area contributed by atoms with Crippen molar-refractivity contribution in [3.63, 3.8) is 0 Å². The SMILES string of the molecule is CN1CCN(c2ccc(-c3cnc4[nH]cc(-c5oncc5C5CC=CC(F)=C5F)c4c3)cc2)CC1. The first-order valence-corrected chi connectivity index (χ1v) is 11.8. The summed E-state index contributed by atoms with van der Waals surface area (Å²) in [7, 11) is 2.15. The molecule has 1 N–H and O–H groups in total. The molecule has 4 aromatic rings. The van der Waals surface area contributed by atoms with Crippen molar-refractivity contribution in [2.45, 2.75) is 12.3 Å². The van der Waals surface area contributed by atoms with Crippen LogP contribution < -0.4 is 4.90 Å². The predicted molar refractivity (Wildman–Crippen MR) is 132 cm³/mol. The molecule has 1 unspecified atom stereocenters. The van der Waals surface area contributed by atoms with Gasteiger partial charge in [0, 0.05) is 72.3 Å². The molecular formula is C27H25F2N5O. The standard InChI is InChI=1S/C27H25F2N5O/c1-33-9-11-34(12-10-33)19-7-5-17(6-8-19)18-13-21-22(15-31-27(21)30-14-18)26-23(16-32-35-26)20-3-2-4-24(28)25(20)29/h2,4-8,13-16,20H,3,9-12H2,1H3,(H,30,31). The molecule has 1 aliphatic carbocycles. The molecule has 8 heteroatoms. The van der Waals surface area contributed by atoms with Crippen molar-refractivity contribution in [1.82, 2.24) is 20.0 Å². The molecule has 178 valence electrons. The summed E-state index contributed by atoms with van der Waals surface area (Å²) < 4.78 is 34.0.